The van der Waals surface area contributed by atoms with Gasteiger partial charge >= 0.3 is 0 Å². The van der Waals surface area contributed by atoms with Crippen LogP contribution in [0.4, 0.5) is 5.69 Å². The maximum Gasteiger partial charge on any atom is 0.257 e. The van der Waals surface area contributed by atoms with Gasteiger partial charge in [-0.05, 0) is 41.8 Å². The van der Waals surface area contributed by atoms with Gasteiger partial charge in [-0.1, -0.05) is 54.6 Å². The first kappa shape index (κ1) is 17.2. The zero-order valence-electron chi connectivity index (χ0n) is 15.3. The number of nitrogens with one attached hydrogen (secondary N) is 1. The first-order chi connectivity index (χ1) is 13.3. The Hall–Kier alpha value is -3.27. The quantitative estimate of drug-likeness (QED) is 0.730. The van der Waals surface area contributed by atoms with Gasteiger partial charge in [-0.2, -0.15) is 0 Å². The number of rotatable bonds is 5. The van der Waals surface area contributed by atoms with Crippen LogP contribution in [0.25, 0.3) is 0 Å². The van der Waals surface area contributed by atoms with E-state index in [0.29, 0.717) is 12.1 Å². The summed E-state index contributed by atoms with van der Waals surface area (Å²) in [5.74, 6) is 0.830. The number of anilines is 1. The van der Waals surface area contributed by atoms with Crippen molar-refractivity contribution in [3.63, 3.8) is 0 Å². The molecule has 0 saturated carbocycles. The summed E-state index contributed by atoms with van der Waals surface area (Å²) in [5, 5.41) is 3.53. The average molecular weight is 358 g/mol. The number of nitrogens with zero attached hydrogens (tertiary/aromatic N) is 1. The highest BCUT2D eigenvalue weighted by Gasteiger charge is 2.32. The Morgan fingerprint density at radius 3 is 2.56 bits per heavy atom. The molecule has 1 aliphatic rings. The summed E-state index contributed by atoms with van der Waals surface area (Å²) in [6.07, 6.45) is 0.572. The van der Waals surface area contributed by atoms with Crippen LogP contribution in [0.3, 0.4) is 0 Å². The molecule has 1 aliphatic heterocycles. The van der Waals surface area contributed by atoms with Crippen LogP contribution in [0.15, 0.2) is 78.9 Å². The van der Waals surface area contributed by atoms with Gasteiger partial charge in [0.25, 0.3) is 5.91 Å². The maximum absolute atomic E-state index is 13.2. The van der Waals surface area contributed by atoms with Gasteiger partial charge in [0.1, 0.15) is 11.9 Å². The van der Waals surface area contributed by atoms with Crippen LogP contribution in [-0.4, -0.2) is 24.5 Å². The smallest absolute Gasteiger partial charge is 0.257 e. The van der Waals surface area contributed by atoms with Gasteiger partial charge in [0, 0.05) is 12.2 Å². The van der Waals surface area contributed by atoms with E-state index in [0.717, 1.165) is 23.4 Å². The number of ether oxygens (including phenoxy) is 1. The molecule has 0 fully saturated rings. The Morgan fingerprint density at radius 1 is 0.963 bits per heavy atom. The molecule has 4 rings (SSSR count). The van der Waals surface area contributed by atoms with Crippen LogP contribution in [0, 0.1) is 0 Å². The molecular formula is C23H22N2O2. The molecule has 0 saturated heterocycles. The summed E-state index contributed by atoms with van der Waals surface area (Å²) < 4.78 is 5.38. The van der Waals surface area contributed by atoms with Gasteiger partial charge in [0.15, 0.2) is 0 Å². The molecule has 27 heavy (non-hydrogen) atoms. The Morgan fingerprint density at radius 2 is 1.74 bits per heavy atom. The Balaban J connectivity index is 1.68. The molecule has 0 radical (unpaired) electrons. The fourth-order valence-corrected chi connectivity index (χ4v) is 3.49. The van der Waals surface area contributed by atoms with E-state index in [1.807, 2.05) is 71.6 Å². The predicted molar refractivity (Wildman–Crippen MR) is 107 cm³/mol. The molecule has 1 atom stereocenters. The van der Waals surface area contributed by atoms with Gasteiger partial charge < -0.3 is 15.0 Å². The molecule has 1 heterocycles. The average Bonchev–Trinajstić information content (AvgIpc) is 2.74. The monoisotopic (exact) mass is 358 g/mol. The number of hydrogen-bond acceptors (Lipinski definition) is 3. The molecule has 3 aromatic carbocycles. The second-order valence-electron chi connectivity index (χ2n) is 6.60. The number of para-hydroxylation sites is 1. The van der Waals surface area contributed by atoms with E-state index in [1.165, 1.54) is 5.56 Å². The van der Waals surface area contributed by atoms with Crippen molar-refractivity contribution in [3.05, 3.63) is 95.6 Å². The van der Waals surface area contributed by atoms with Crippen LogP contribution >= 0.6 is 0 Å². The van der Waals surface area contributed by atoms with Gasteiger partial charge in [-0.25, -0.2) is 0 Å². The van der Waals surface area contributed by atoms with Crippen LogP contribution in [0.1, 0.15) is 27.7 Å². The van der Waals surface area contributed by atoms with Crippen LogP contribution in [-0.2, 0) is 6.42 Å². The van der Waals surface area contributed by atoms with Crippen molar-refractivity contribution < 1.29 is 9.53 Å². The predicted octanol–water partition coefficient (Wildman–Crippen LogP) is 4.50. The third kappa shape index (κ3) is 3.51. The molecule has 1 amide bonds. The van der Waals surface area contributed by atoms with Crippen molar-refractivity contribution in [1.82, 2.24) is 4.90 Å². The number of amides is 1. The minimum atomic E-state index is -0.230. The molecule has 0 bridgehead atoms. The molecular weight excluding hydrogens is 336 g/mol. The Labute approximate surface area is 159 Å². The van der Waals surface area contributed by atoms with Crippen LogP contribution < -0.4 is 10.1 Å². The lowest BCUT2D eigenvalue weighted by molar-refractivity contribution is 0.0685. The molecule has 3 aromatic rings. The number of fused-ring (bicyclic) bond motifs is 1. The lowest BCUT2D eigenvalue weighted by atomic mass is 10.0. The molecule has 0 aromatic heterocycles. The van der Waals surface area contributed by atoms with Gasteiger partial charge in [0.05, 0.1) is 12.7 Å². The van der Waals surface area contributed by atoms with Gasteiger partial charge in [-0.3, -0.25) is 4.79 Å². The highest BCUT2D eigenvalue weighted by Crippen LogP contribution is 2.34. The summed E-state index contributed by atoms with van der Waals surface area (Å²) in [6, 6.07) is 25.8. The third-order valence-electron chi connectivity index (χ3n) is 4.92. The summed E-state index contributed by atoms with van der Waals surface area (Å²) in [5.41, 5.74) is 3.80. The number of benzene rings is 3. The Bertz CT molecular complexity index is 940. The summed E-state index contributed by atoms with van der Waals surface area (Å²) >= 11 is 0. The lowest BCUT2D eigenvalue weighted by Crippen LogP contribution is -2.44. The second-order valence-corrected chi connectivity index (χ2v) is 6.60. The van der Waals surface area contributed by atoms with Gasteiger partial charge in [-0.15, -0.1) is 0 Å². The van der Waals surface area contributed by atoms with Crippen molar-refractivity contribution in [2.24, 2.45) is 0 Å². The first-order valence-corrected chi connectivity index (χ1v) is 9.10. The first-order valence-electron chi connectivity index (χ1n) is 9.10. The topological polar surface area (TPSA) is 41.6 Å². The summed E-state index contributed by atoms with van der Waals surface area (Å²) in [6.45, 7) is 0.631. The molecule has 4 nitrogen and oxygen atoms in total. The van der Waals surface area contributed by atoms with E-state index in [2.05, 4.69) is 17.4 Å². The molecule has 1 unspecified atom stereocenters. The van der Waals surface area contributed by atoms with Crippen molar-refractivity contribution in [2.45, 2.75) is 12.6 Å². The minimum Gasteiger partial charge on any atom is -0.497 e. The number of carbonyl (C=O) groups is 1. The van der Waals surface area contributed by atoms with Crippen molar-refractivity contribution in [3.8, 4) is 5.75 Å². The standard InChI is InChI=1S/C23H22N2O2/c1-27-19-11-7-10-18(16-19)22-24-21-13-6-5-12-20(21)23(26)25(22)15-14-17-8-3-2-4-9-17/h2-13,16,22,24H,14-15H2,1H3. The van der Waals surface area contributed by atoms with E-state index in [9.17, 15) is 4.79 Å². The second kappa shape index (κ2) is 7.54. The number of carbonyl (C=O) groups excluding carboxylic acids is 1. The van der Waals surface area contributed by atoms with E-state index in [-0.39, 0.29) is 12.1 Å². The fourth-order valence-electron chi connectivity index (χ4n) is 3.49. The molecule has 0 spiro atoms. The van der Waals surface area contributed by atoms with E-state index >= 15 is 0 Å². The van der Waals surface area contributed by atoms with Crippen LogP contribution in [0.5, 0.6) is 5.75 Å². The van der Waals surface area contributed by atoms with Crippen molar-refractivity contribution >= 4 is 11.6 Å². The summed E-state index contributed by atoms with van der Waals surface area (Å²) in [7, 11) is 1.65. The van der Waals surface area contributed by atoms with Crippen molar-refractivity contribution in [1.29, 1.82) is 0 Å². The highest BCUT2D eigenvalue weighted by molar-refractivity contribution is 6.01. The van der Waals surface area contributed by atoms with E-state index < -0.39 is 0 Å². The highest BCUT2D eigenvalue weighted by atomic mass is 16.5. The molecule has 4 heteroatoms. The van der Waals surface area contributed by atoms with E-state index in [1.54, 1.807) is 7.11 Å². The molecule has 0 aliphatic carbocycles. The zero-order valence-corrected chi connectivity index (χ0v) is 15.3. The zero-order chi connectivity index (χ0) is 18.6. The SMILES string of the molecule is COc1cccc(C2Nc3ccccc3C(=O)N2CCc2ccccc2)c1. The largest absolute Gasteiger partial charge is 0.497 e. The molecule has 136 valence electrons. The normalized spacial score (nSPS) is 15.8. The third-order valence-corrected chi connectivity index (χ3v) is 4.92. The Kier molecular flexibility index (Phi) is 4.79. The lowest BCUT2D eigenvalue weighted by Gasteiger charge is -2.38. The molecule has 1 N–H and O–H groups in total. The maximum atomic E-state index is 13.2. The number of hydrogen-bond donors (Lipinski definition) is 1. The fraction of sp³-hybridized carbons (Fsp3) is 0.174. The van der Waals surface area contributed by atoms with Crippen LogP contribution in [0.2, 0.25) is 0 Å². The minimum absolute atomic E-state index is 0.0492. The summed E-state index contributed by atoms with van der Waals surface area (Å²) in [4.78, 5) is 15.1. The number of methoxy groups -OCH3 is 1. The van der Waals surface area contributed by atoms with E-state index in [4.69, 9.17) is 4.74 Å². The van der Waals surface area contributed by atoms with Crippen molar-refractivity contribution in [2.75, 3.05) is 19.0 Å². The van der Waals surface area contributed by atoms with Gasteiger partial charge in [0.2, 0.25) is 0 Å².